The van der Waals surface area contributed by atoms with Crippen molar-refractivity contribution in [3.63, 3.8) is 0 Å². The predicted octanol–water partition coefficient (Wildman–Crippen LogP) is -1.00. The van der Waals surface area contributed by atoms with Gasteiger partial charge in [0, 0.05) is 0 Å². The Labute approximate surface area is 79.7 Å². The molecule has 0 fully saturated rings. The molecular weight excluding hydrogens is 129 g/mol. The van der Waals surface area contributed by atoms with E-state index < -0.39 is 0 Å². The molecule has 0 aliphatic rings. The van der Waals surface area contributed by atoms with Crippen LogP contribution in [0.4, 0.5) is 0 Å². The summed E-state index contributed by atoms with van der Waals surface area (Å²) in [5.41, 5.74) is 0. The van der Waals surface area contributed by atoms with Gasteiger partial charge in [-0.2, -0.15) is 0 Å². The number of hydrogen-bond acceptors (Lipinski definition) is 2. The van der Waals surface area contributed by atoms with Crippen molar-refractivity contribution in [2.75, 3.05) is 0 Å². The van der Waals surface area contributed by atoms with Gasteiger partial charge >= 0.3 is 52.6 Å². The molecular formula is H5ClMgNNaO2. The Morgan fingerprint density at radius 3 is 1.50 bits per heavy atom. The summed E-state index contributed by atoms with van der Waals surface area (Å²) in [6, 6.07) is 0. The van der Waals surface area contributed by atoms with Crippen molar-refractivity contribution >= 4 is 65.0 Å². The van der Waals surface area contributed by atoms with Crippen LogP contribution in [0.2, 0.25) is 0 Å². The summed E-state index contributed by atoms with van der Waals surface area (Å²) in [7, 11) is 0. The normalized spacial score (nSPS) is 2.00. The van der Waals surface area contributed by atoms with E-state index in [-0.39, 0.29) is 65.0 Å². The minimum absolute atomic E-state index is 0. The standard InChI is InChI=1S/ClH.Mg.HNO2.Na.3H/c;;2-1-3;;;;/h1H;;(H,2,3);;;;. The minimum atomic E-state index is 0. The quantitative estimate of drug-likeness (QED) is 0.262. The predicted molar refractivity (Wildman–Crippen MR) is 30.5 cm³/mol. The average Bonchev–Trinajstić information content (AvgIpc) is 0.918. The average molecular weight is 134 g/mol. The Balaban J connectivity index is -0.00000000667. The summed E-state index contributed by atoms with van der Waals surface area (Å²) < 4.78 is 0. The fourth-order valence-corrected chi connectivity index (χ4v) is 0. The van der Waals surface area contributed by atoms with Crippen molar-refractivity contribution in [1.82, 2.24) is 0 Å². The molecule has 6 heavy (non-hydrogen) atoms. The van der Waals surface area contributed by atoms with Gasteiger partial charge in [0.15, 0.2) is 5.34 Å². The first-order valence-corrected chi connectivity index (χ1v) is 0.383. The molecule has 0 bridgehead atoms. The first-order chi connectivity index (χ1) is 1.41. The van der Waals surface area contributed by atoms with E-state index in [9.17, 15) is 0 Å². The zero-order valence-corrected chi connectivity index (χ0v) is 2.53. The third-order valence-electron chi connectivity index (χ3n) is 0. The summed E-state index contributed by atoms with van der Waals surface area (Å²) in [6.07, 6.45) is 0. The molecule has 0 spiro atoms. The van der Waals surface area contributed by atoms with E-state index in [0.717, 1.165) is 0 Å². The molecule has 0 atom stereocenters. The SMILES string of the molecule is Cl.O=NO.[MgH2].[NaH]. The topological polar surface area (TPSA) is 49.7 Å². The van der Waals surface area contributed by atoms with Crippen LogP contribution in [0, 0.1) is 4.91 Å². The molecule has 6 heteroatoms. The van der Waals surface area contributed by atoms with E-state index in [1.54, 1.807) is 0 Å². The molecule has 0 radical (unpaired) electrons. The Kier molecular flexibility index (Phi) is 138. The fourth-order valence-electron chi connectivity index (χ4n) is 0. The van der Waals surface area contributed by atoms with Gasteiger partial charge in [0.25, 0.3) is 0 Å². The second-order valence-corrected chi connectivity index (χ2v) is 0.0816. The van der Waals surface area contributed by atoms with Crippen LogP contribution in [0.25, 0.3) is 0 Å². The van der Waals surface area contributed by atoms with Gasteiger partial charge in [-0.15, -0.1) is 17.3 Å². The summed E-state index contributed by atoms with van der Waals surface area (Å²) in [5, 5.41) is 7.89. The van der Waals surface area contributed by atoms with Gasteiger partial charge in [0.05, 0.1) is 0 Å². The van der Waals surface area contributed by atoms with Crippen LogP contribution >= 0.6 is 12.4 Å². The van der Waals surface area contributed by atoms with Crippen molar-refractivity contribution in [3.05, 3.63) is 4.91 Å². The molecule has 0 aliphatic carbocycles. The van der Waals surface area contributed by atoms with E-state index in [0.29, 0.717) is 0 Å². The molecule has 0 aliphatic heterocycles. The molecule has 0 saturated carbocycles. The molecule has 0 saturated heterocycles. The monoisotopic (exact) mass is 133 g/mol. The number of nitrogens with zero attached hydrogens (tertiary/aromatic N) is 1. The van der Waals surface area contributed by atoms with Gasteiger partial charge < -0.3 is 5.21 Å². The van der Waals surface area contributed by atoms with Gasteiger partial charge in [-0.05, 0) is 0 Å². The van der Waals surface area contributed by atoms with Crippen LogP contribution in [0.15, 0.2) is 5.34 Å². The Morgan fingerprint density at radius 2 is 1.50 bits per heavy atom. The molecule has 0 unspecified atom stereocenters. The Bertz CT molecular complexity index is 21.0. The fraction of sp³-hybridized carbons (Fsp3) is 0. The summed E-state index contributed by atoms with van der Waals surface area (Å²) in [6.45, 7) is 0. The second-order valence-electron chi connectivity index (χ2n) is 0.0816. The van der Waals surface area contributed by atoms with Crippen molar-refractivity contribution in [2.45, 2.75) is 0 Å². The summed E-state index contributed by atoms with van der Waals surface area (Å²) in [5.74, 6) is 0. The molecule has 0 amide bonds. The zero-order valence-electron chi connectivity index (χ0n) is 1.71. The third kappa shape index (κ3) is 51.1. The maximum atomic E-state index is 8.11. The third-order valence-corrected chi connectivity index (χ3v) is 0. The molecule has 0 aromatic rings. The van der Waals surface area contributed by atoms with E-state index >= 15 is 0 Å². The van der Waals surface area contributed by atoms with Crippen LogP contribution in [0.1, 0.15) is 0 Å². The molecule has 0 aromatic carbocycles. The Morgan fingerprint density at radius 1 is 1.50 bits per heavy atom. The molecule has 1 N–H and O–H groups in total. The number of rotatable bonds is 0. The van der Waals surface area contributed by atoms with Crippen LogP contribution in [0.3, 0.4) is 0 Å². The van der Waals surface area contributed by atoms with E-state index in [1.807, 2.05) is 0 Å². The first-order valence-electron chi connectivity index (χ1n) is 0.383. The van der Waals surface area contributed by atoms with Gasteiger partial charge in [-0.25, -0.2) is 0 Å². The van der Waals surface area contributed by atoms with Crippen molar-refractivity contribution in [2.24, 2.45) is 5.34 Å². The first kappa shape index (κ1) is 26.0. The summed E-state index contributed by atoms with van der Waals surface area (Å²) in [4.78, 5) is 8.11. The molecule has 0 aromatic heterocycles. The van der Waals surface area contributed by atoms with Crippen LogP contribution in [-0.4, -0.2) is 57.8 Å². The van der Waals surface area contributed by atoms with Gasteiger partial charge in [-0.3, -0.25) is 0 Å². The van der Waals surface area contributed by atoms with E-state index in [1.165, 1.54) is 5.34 Å². The number of halogens is 1. The van der Waals surface area contributed by atoms with Gasteiger partial charge in [0.1, 0.15) is 0 Å². The van der Waals surface area contributed by atoms with Gasteiger partial charge in [0.2, 0.25) is 0 Å². The van der Waals surface area contributed by atoms with E-state index in [2.05, 4.69) is 0 Å². The second kappa shape index (κ2) is 31.9. The van der Waals surface area contributed by atoms with Crippen LogP contribution in [0.5, 0.6) is 0 Å². The number of hydrogen-bond donors (Lipinski definition) is 1. The van der Waals surface area contributed by atoms with Crippen molar-refractivity contribution < 1.29 is 5.21 Å². The molecule has 32 valence electrons. The molecule has 0 rings (SSSR count). The molecule has 3 nitrogen and oxygen atoms in total. The van der Waals surface area contributed by atoms with Crippen LogP contribution < -0.4 is 0 Å². The van der Waals surface area contributed by atoms with Crippen molar-refractivity contribution in [1.29, 1.82) is 0 Å². The van der Waals surface area contributed by atoms with Crippen LogP contribution in [-0.2, 0) is 0 Å². The summed E-state index contributed by atoms with van der Waals surface area (Å²) >= 11 is 0. The molecule has 0 heterocycles. The van der Waals surface area contributed by atoms with Crippen molar-refractivity contribution in [3.8, 4) is 0 Å². The Hall–Kier alpha value is 1.46. The maximum absolute atomic E-state index is 8.11. The zero-order chi connectivity index (χ0) is 2.71. The van der Waals surface area contributed by atoms with E-state index in [4.69, 9.17) is 10.1 Å². The van der Waals surface area contributed by atoms with Gasteiger partial charge in [-0.1, -0.05) is 0 Å².